The van der Waals surface area contributed by atoms with Gasteiger partial charge in [0.1, 0.15) is 5.82 Å². The van der Waals surface area contributed by atoms with Crippen LogP contribution in [0.15, 0.2) is 52.1 Å². The number of aryl methyl sites for hydroxylation is 1. The smallest absolute Gasteiger partial charge is 0.352 e. The van der Waals surface area contributed by atoms with Crippen LogP contribution in [0.4, 0.5) is 4.39 Å². The molecular weight excluding hydrogens is 451 g/mol. The number of nitrogens with one attached hydrogen (secondary N) is 1. The van der Waals surface area contributed by atoms with E-state index in [0.717, 1.165) is 27.7 Å². The molecule has 1 aliphatic rings. The van der Waals surface area contributed by atoms with Crippen LogP contribution in [0.1, 0.15) is 34.5 Å². The minimum absolute atomic E-state index is 0.134. The van der Waals surface area contributed by atoms with Crippen LogP contribution in [-0.4, -0.2) is 39.5 Å². The molecular formula is C23H22ClFN4O4. The second kappa shape index (κ2) is 9.68. The minimum Gasteiger partial charge on any atom is -0.376 e. The average molecular weight is 473 g/mol. The fraction of sp³-hybridized carbons (Fsp3) is 0.304. The predicted octanol–water partition coefficient (Wildman–Crippen LogP) is 2.45. The van der Waals surface area contributed by atoms with E-state index in [-0.39, 0.29) is 24.9 Å². The van der Waals surface area contributed by atoms with Gasteiger partial charge in [0.15, 0.2) is 0 Å². The van der Waals surface area contributed by atoms with Crippen LogP contribution in [0.5, 0.6) is 0 Å². The Balaban J connectivity index is 1.79. The summed E-state index contributed by atoms with van der Waals surface area (Å²) in [6.45, 7) is 2.42. The lowest BCUT2D eigenvalue weighted by Gasteiger charge is -2.14. The van der Waals surface area contributed by atoms with E-state index in [0.29, 0.717) is 17.2 Å². The van der Waals surface area contributed by atoms with Gasteiger partial charge in [0.25, 0.3) is 11.5 Å². The van der Waals surface area contributed by atoms with Crippen molar-refractivity contribution in [3.05, 3.63) is 91.0 Å². The average Bonchev–Trinajstić information content (AvgIpc) is 3.31. The van der Waals surface area contributed by atoms with Crippen LogP contribution < -0.4 is 16.6 Å². The van der Waals surface area contributed by atoms with Gasteiger partial charge in [-0.2, -0.15) is 9.78 Å². The largest absolute Gasteiger partial charge is 0.376 e. The highest BCUT2D eigenvalue weighted by molar-refractivity contribution is 6.31. The topological polar surface area (TPSA) is 95.2 Å². The number of amides is 1. The van der Waals surface area contributed by atoms with Crippen molar-refractivity contribution in [1.82, 2.24) is 19.7 Å². The molecule has 3 aromatic rings. The summed E-state index contributed by atoms with van der Waals surface area (Å²) < 4.78 is 21.0. The minimum atomic E-state index is -0.872. The molecule has 4 rings (SSSR count). The number of benzene rings is 2. The van der Waals surface area contributed by atoms with E-state index < -0.39 is 28.7 Å². The Labute approximate surface area is 193 Å². The molecule has 2 aromatic carbocycles. The normalized spacial score (nSPS) is 15.5. The van der Waals surface area contributed by atoms with Crippen molar-refractivity contribution in [1.29, 1.82) is 0 Å². The zero-order valence-corrected chi connectivity index (χ0v) is 18.6. The van der Waals surface area contributed by atoms with Gasteiger partial charge >= 0.3 is 5.69 Å². The summed E-state index contributed by atoms with van der Waals surface area (Å²) in [6, 6.07) is 10.4. The van der Waals surface area contributed by atoms with Crippen molar-refractivity contribution in [2.45, 2.75) is 32.4 Å². The Morgan fingerprint density at radius 1 is 1.27 bits per heavy atom. The summed E-state index contributed by atoms with van der Waals surface area (Å²) in [5.41, 5.74) is -0.642. The number of carbonyl (C=O) groups excluding carboxylic acids is 1. The molecule has 0 aliphatic carbocycles. The fourth-order valence-electron chi connectivity index (χ4n) is 3.59. The number of halogens is 2. The first-order chi connectivity index (χ1) is 15.8. The molecule has 0 radical (unpaired) electrons. The number of nitrogens with zero attached hydrogens (tertiary/aromatic N) is 3. The summed E-state index contributed by atoms with van der Waals surface area (Å²) in [4.78, 5) is 39.1. The van der Waals surface area contributed by atoms with Crippen LogP contribution in [0.25, 0.3) is 5.69 Å². The van der Waals surface area contributed by atoms with E-state index in [9.17, 15) is 18.8 Å². The van der Waals surface area contributed by atoms with Crippen molar-refractivity contribution in [3.8, 4) is 5.69 Å². The van der Waals surface area contributed by atoms with E-state index in [2.05, 4.69) is 10.4 Å². The number of rotatable bonds is 6. The molecule has 10 heteroatoms. The van der Waals surface area contributed by atoms with Gasteiger partial charge in [-0.1, -0.05) is 29.8 Å². The summed E-state index contributed by atoms with van der Waals surface area (Å²) in [6.07, 6.45) is 1.57. The highest BCUT2D eigenvalue weighted by Gasteiger charge is 2.23. The van der Waals surface area contributed by atoms with Crippen LogP contribution in [0.2, 0.25) is 5.02 Å². The van der Waals surface area contributed by atoms with E-state index in [1.807, 2.05) is 0 Å². The third-order valence-corrected chi connectivity index (χ3v) is 5.83. The maximum atomic E-state index is 13.7. The molecule has 8 nitrogen and oxygen atoms in total. The van der Waals surface area contributed by atoms with E-state index in [1.165, 1.54) is 24.3 Å². The maximum Gasteiger partial charge on any atom is 0.352 e. The maximum absolute atomic E-state index is 13.7. The number of hydrogen-bond donors (Lipinski definition) is 1. The third kappa shape index (κ3) is 5.04. The molecule has 1 aliphatic heterocycles. The Hall–Kier alpha value is -3.30. The predicted molar refractivity (Wildman–Crippen MR) is 121 cm³/mol. The van der Waals surface area contributed by atoms with Crippen LogP contribution in [0, 0.1) is 12.7 Å². The van der Waals surface area contributed by atoms with Crippen molar-refractivity contribution in [3.63, 3.8) is 0 Å². The van der Waals surface area contributed by atoms with Crippen molar-refractivity contribution >= 4 is 17.5 Å². The lowest BCUT2D eigenvalue weighted by molar-refractivity contribution is 0.0849. The first-order valence-corrected chi connectivity index (χ1v) is 10.9. The van der Waals surface area contributed by atoms with Crippen molar-refractivity contribution in [2.24, 2.45) is 0 Å². The molecule has 0 unspecified atom stereocenters. The number of hydrogen-bond acceptors (Lipinski definition) is 5. The van der Waals surface area contributed by atoms with Gasteiger partial charge in [-0.15, -0.1) is 0 Å². The van der Waals surface area contributed by atoms with Gasteiger partial charge in [-0.3, -0.25) is 14.2 Å². The Morgan fingerprint density at radius 3 is 2.79 bits per heavy atom. The van der Waals surface area contributed by atoms with Crippen LogP contribution >= 0.6 is 11.6 Å². The van der Waals surface area contributed by atoms with E-state index in [1.54, 1.807) is 25.1 Å². The number of aromatic nitrogens is 3. The van der Waals surface area contributed by atoms with Gasteiger partial charge in [-0.25, -0.2) is 9.18 Å². The Morgan fingerprint density at radius 2 is 2.09 bits per heavy atom. The Kier molecular flexibility index (Phi) is 6.71. The molecule has 0 saturated carbocycles. The van der Waals surface area contributed by atoms with Gasteiger partial charge in [0, 0.05) is 18.2 Å². The second-order valence-corrected chi connectivity index (χ2v) is 8.25. The standard InChI is InChI=1S/C23H22ClFN4O4/c1-14-7-8-17(11-19(14)24)29-23(32)28(13-15-4-2-5-16(25)10-15)22(31)20(27-29)21(30)26-12-18-6-3-9-33-18/h2,4-5,7-8,10-11,18H,3,6,9,12-13H2,1H3,(H,26,30)/t18-/m0/s1. The molecule has 2 heterocycles. The zero-order valence-electron chi connectivity index (χ0n) is 17.9. The van der Waals surface area contributed by atoms with Gasteiger partial charge in [0.2, 0.25) is 5.69 Å². The lowest BCUT2D eigenvalue weighted by Crippen LogP contribution is -2.46. The monoisotopic (exact) mass is 472 g/mol. The van der Waals surface area contributed by atoms with Gasteiger partial charge in [-0.05, 0) is 55.2 Å². The molecule has 1 fully saturated rings. The second-order valence-electron chi connectivity index (χ2n) is 7.84. The summed E-state index contributed by atoms with van der Waals surface area (Å²) in [7, 11) is 0. The first kappa shape index (κ1) is 22.9. The number of carbonyl (C=O) groups is 1. The van der Waals surface area contributed by atoms with Crippen molar-refractivity contribution in [2.75, 3.05) is 13.2 Å². The van der Waals surface area contributed by atoms with Gasteiger partial charge in [0.05, 0.1) is 18.3 Å². The first-order valence-electron chi connectivity index (χ1n) is 10.5. The quantitative estimate of drug-likeness (QED) is 0.594. The summed E-state index contributed by atoms with van der Waals surface area (Å²) >= 11 is 6.21. The van der Waals surface area contributed by atoms with Crippen LogP contribution in [-0.2, 0) is 11.3 Å². The molecule has 1 saturated heterocycles. The molecule has 33 heavy (non-hydrogen) atoms. The fourth-order valence-corrected chi connectivity index (χ4v) is 3.77. The third-order valence-electron chi connectivity index (χ3n) is 5.42. The SMILES string of the molecule is Cc1ccc(-n2nc(C(=O)NC[C@@H]3CCCO3)c(=O)n(Cc3cccc(F)c3)c2=O)cc1Cl. The molecule has 0 bridgehead atoms. The van der Waals surface area contributed by atoms with Crippen molar-refractivity contribution < 1.29 is 13.9 Å². The molecule has 1 N–H and O–H groups in total. The molecule has 1 amide bonds. The summed E-state index contributed by atoms with van der Waals surface area (Å²) in [5, 5.41) is 7.12. The highest BCUT2D eigenvalue weighted by atomic mass is 35.5. The van der Waals surface area contributed by atoms with Crippen LogP contribution in [0.3, 0.4) is 0 Å². The molecule has 172 valence electrons. The van der Waals surface area contributed by atoms with Gasteiger partial charge < -0.3 is 10.1 Å². The van der Waals surface area contributed by atoms with E-state index >= 15 is 0 Å². The molecule has 0 spiro atoms. The van der Waals surface area contributed by atoms with E-state index in [4.69, 9.17) is 16.3 Å². The number of ether oxygens (including phenoxy) is 1. The zero-order chi connectivity index (χ0) is 23.5. The highest BCUT2D eigenvalue weighted by Crippen LogP contribution is 2.18. The Bertz CT molecular complexity index is 1310. The lowest BCUT2D eigenvalue weighted by atomic mass is 10.2. The molecule has 1 atom stereocenters. The summed E-state index contributed by atoms with van der Waals surface area (Å²) in [5.74, 6) is -1.23. The molecule has 1 aromatic heterocycles.